The van der Waals surface area contributed by atoms with Crippen LogP contribution in [0.1, 0.15) is 27.7 Å². The molecule has 6 heteroatoms. The Morgan fingerprint density at radius 1 is 1.16 bits per heavy atom. The summed E-state index contributed by atoms with van der Waals surface area (Å²) in [6.07, 6.45) is 0. The van der Waals surface area contributed by atoms with Crippen molar-refractivity contribution in [3.63, 3.8) is 0 Å². The van der Waals surface area contributed by atoms with E-state index in [0.717, 1.165) is 15.7 Å². The van der Waals surface area contributed by atoms with E-state index in [2.05, 4.69) is 4.98 Å². The van der Waals surface area contributed by atoms with E-state index in [0.29, 0.717) is 5.02 Å². The molecule has 0 saturated carbocycles. The van der Waals surface area contributed by atoms with Crippen molar-refractivity contribution in [2.75, 3.05) is 0 Å². The fourth-order valence-electron chi connectivity index (χ4n) is 2.04. The topological polar surface area (TPSA) is 31.4 Å². The van der Waals surface area contributed by atoms with Gasteiger partial charge in [0.1, 0.15) is 0 Å². The van der Waals surface area contributed by atoms with Gasteiger partial charge in [0.2, 0.25) is 0 Å². The van der Waals surface area contributed by atoms with Crippen LogP contribution in [0.15, 0.2) is 17.6 Å². The van der Waals surface area contributed by atoms with E-state index >= 15 is 0 Å². The largest absolute Gasteiger partial charge is 0.496 e. The zero-order valence-corrected chi connectivity index (χ0v) is 12.9. The zero-order valence-electron chi connectivity index (χ0n) is 11.4. The monoisotopic (exact) mass is 295 g/mol. The molecule has 100 valence electrons. The Morgan fingerprint density at radius 2 is 1.79 bits per heavy atom. The predicted octanol–water partition coefficient (Wildman–Crippen LogP) is 3.25. The van der Waals surface area contributed by atoms with E-state index in [1.54, 1.807) is 11.3 Å². The van der Waals surface area contributed by atoms with Crippen LogP contribution in [0, 0.1) is 0 Å². The number of hydrogen-bond donors (Lipinski definition) is 0. The number of nitrogens with zero attached hydrogens (tertiary/aromatic N) is 1. The number of hydrogen-bond acceptors (Lipinski definition) is 4. The number of rotatable bonds is 1. The fraction of sp³-hybridized carbons (Fsp3) is 0.462. The molecule has 3 nitrogen and oxygen atoms in total. The summed E-state index contributed by atoms with van der Waals surface area (Å²) in [7, 11) is -0.427. The Labute approximate surface area is 122 Å². The second-order valence-electron chi connectivity index (χ2n) is 5.78. The molecule has 1 aromatic heterocycles. The van der Waals surface area contributed by atoms with Crippen LogP contribution in [0.25, 0.3) is 10.2 Å². The summed E-state index contributed by atoms with van der Waals surface area (Å²) in [5.74, 6) is 0. The van der Waals surface area contributed by atoms with E-state index in [-0.39, 0.29) is 11.2 Å². The van der Waals surface area contributed by atoms with Crippen molar-refractivity contribution in [3.8, 4) is 0 Å². The van der Waals surface area contributed by atoms with Crippen LogP contribution in [0.2, 0.25) is 5.02 Å². The highest BCUT2D eigenvalue weighted by atomic mass is 35.5. The standard InChI is InChI=1S/C13H15BClNO2S/c1-12(2)13(3,4)18-14(17-12)8-5-11-10(6-9(8)15)16-7-19-11/h5-7H,1-4H3. The highest BCUT2D eigenvalue weighted by molar-refractivity contribution is 7.16. The van der Waals surface area contributed by atoms with Gasteiger partial charge < -0.3 is 9.31 Å². The van der Waals surface area contributed by atoms with Crippen molar-refractivity contribution in [1.29, 1.82) is 0 Å². The van der Waals surface area contributed by atoms with Crippen molar-refractivity contribution in [2.24, 2.45) is 0 Å². The van der Waals surface area contributed by atoms with Crippen LogP contribution in [0.5, 0.6) is 0 Å². The molecule has 1 saturated heterocycles. The van der Waals surface area contributed by atoms with Gasteiger partial charge in [0.15, 0.2) is 0 Å². The molecule has 0 amide bonds. The number of halogens is 1. The molecule has 2 heterocycles. The average Bonchev–Trinajstić information content (AvgIpc) is 2.80. The molecular formula is C13H15BClNO2S. The smallest absolute Gasteiger partial charge is 0.399 e. The molecule has 0 aliphatic carbocycles. The van der Waals surface area contributed by atoms with Crippen molar-refractivity contribution in [3.05, 3.63) is 22.7 Å². The van der Waals surface area contributed by atoms with Crippen LogP contribution in [-0.4, -0.2) is 23.3 Å². The molecule has 1 aromatic carbocycles. The maximum absolute atomic E-state index is 6.33. The first kappa shape index (κ1) is 13.4. The number of thiazole rings is 1. The average molecular weight is 296 g/mol. The first-order valence-electron chi connectivity index (χ1n) is 6.18. The molecule has 1 aliphatic heterocycles. The van der Waals surface area contributed by atoms with Crippen LogP contribution in [0.3, 0.4) is 0 Å². The van der Waals surface area contributed by atoms with Gasteiger partial charge in [-0.15, -0.1) is 11.3 Å². The molecule has 1 aliphatic rings. The van der Waals surface area contributed by atoms with Crippen molar-refractivity contribution in [2.45, 2.75) is 38.9 Å². The van der Waals surface area contributed by atoms with E-state index in [4.69, 9.17) is 20.9 Å². The Kier molecular flexibility index (Phi) is 2.95. The predicted molar refractivity (Wildman–Crippen MR) is 80.3 cm³/mol. The van der Waals surface area contributed by atoms with Crippen LogP contribution in [0.4, 0.5) is 0 Å². The van der Waals surface area contributed by atoms with E-state index in [1.165, 1.54) is 0 Å². The van der Waals surface area contributed by atoms with Crippen LogP contribution >= 0.6 is 22.9 Å². The zero-order chi connectivity index (χ0) is 13.8. The van der Waals surface area contributed by atoms with Gasteiger partial charge >= 0.3 is 7.12 Å². The Morgan fingerprint density at radius 3 is 2.42 bits per heavy atom. The third-order valence-electron chi connectivity index (χ3n) is 3.96. The van der Waals surface area contributed by atoms with Gasteiger partial charge in [-0.3, -0.25) is 0 Å². The SMILES string of the molecule is CC1(C)OB(c2cc3scnc3cc2Cl)OC1(C)C. The highest BCUT2D eigenvalue weighted by Crippen LogP contribution is 2.37. The van der Waals surface area contributed by atoms with Crippen molar-refractivity contribution >= 4 is 45.7 Å². The molecule has 1 fully saturated rings. The lowest BCUT2D eigenvalue weighted by Gasteiger charge is -2.32. The molecule has 0 atom stereocenters. The van der Waals surface area contributed by atoms with Gasteiger partial charge in [-0.2, -0.15) is 0 Å². The summed E-state index contributed by atoms with van der Waals surface area (Å²) < 4.78 is 13.2. The molecule has 0 unspecified atom stereocenters. The van der Waals surface area contributed by atoms with E-state index < -0.39 is 7.12 Å². The lowest BCUT2D eigenvalue weighted by atomic mass is 9.79. The van der Waals surface area contributed by atoms with Gasteiger partial charge in [-0.1, -0.05) is 11.6 Å². The normalized spacial score (nSPS) is 21.2. The van der Waals surface area contributed by atoms with Crippen LogP contribution in [-0.2, 0) is 9.31 Å². The van der Waals surface area contributed by atoms with Gasteiger partial charge in [0.25, 0.3) is 0 Å². The Hall–Kier alpha value is -0.615. The Bertz CT molecular complexity index is 625. The summed E-state index contributed by atoms with van der Waals surface area (Å²) >= 11 is 7.92. The third kappa shape index (κ3) is 2.09. The lowest BCUT2D eigenvalue weighted by molar-refractivity contribution is 0.00578. The second-order valence-corrected chi connectivity index (χ2v) is 7.08. The van der Waals surface area contributed by atoms with Gasteiger partial charge in [0, 0.05) is 10.5 Å². The molecular weight excluding hydrogens is 280 g/mol. The minimum atomic E-state index is -0.427. The summed E-state index contributed by atoms with van der Waals surface area (Å²) in [5, 5.41) is 0.636. The minimum absolute atomic E-state index is 0.357. The maximum atomic E-state index is 6.33. The van der Waals surface area contributed by atoms with Gasteiger partial charge in [0.05, 0.1) is 26.9 Å². The molecule has 0 bridgehead atoms. The first-order chi connectivity index (χ1) is 8.80. The molecule has 0 spiro atoms. The van der Waals surface area contributed by atoms with Gasteiger partial charge in [-0.05, 0) is 39.8 Å². The minimum Gasteiger partial charge on any atom is -0.399 e. The number of benzene rings is 1. The highest BCUT2D eigenvalue weighted by Gasteiger charge is 2.52. The Balaban J connectivity index is 2.04. The molecule has 3 rings (SSSR count). The summed E-state index contributed by atoms with van der Waals surface area (Å²) in [5.41, 5.74) is 2.88. The van der Waals surface area contributed by atoms with E-state index in [9.17, 15) is 0 Å². The first-order valence-corrected chi connectivity index (χ1v) is 7.44. The lowest BCUT2D eigenvalue weighted by Crippen LogP contribution is -2.41. The summed E-state index contributed by atoms with van der Waals surface area (Å²) in [4.78, 5) is 4.26. The molecule has 19 heavy (non-hydrogen) atoms. The number of fused-ring (bicyclic) bond motifs is 1. The summed E-state index contributed by atoms with van der Waals surface area (Å²) in [6.45, 7) is 8.14. The fourth-order valence-corrected chi connectivity index (χ4v) is 3.00. The van der Waals surface area contributed by atoms with Crippen molar-refractivity contribution < 1.29 is 9.31 Å². The second kappa shape index (κ2) is 4.19. The van der Waals surface area contributed by atoms with Crippen LogP contribution < -0.4 is 5.46 Å². The molecule has 0 radical (unpaired) electrons. The summed E-state index contributed by atoms with van der Waals surface area (Å²) in [6, 6.07) is 3.88. The van der Waals surface area contributed by atoms with Crippen molar-refractivity contribution in [1.82, 2.24) is 4.98 Å². The molecule has 2 aromatic rings. The third-order valence-corrected chi connectivity index (χ3v) is 5.08. The van der Waals surface area contributed by atoms with E-state index in [1.807, 2.05) is 45.3 Å². The number of aromatic nitrogens is 1. The van der Waals surface area contributed by atoms with Gasteiger partial charge in [-0.25, -0.2) is 4.98 Å². The maximum Gasteiger partial charge on any atom is 0.496 e. The molecule has 0 N–H and O–H groups in total. The quantitative estimate of drug-likeness (QED) is 0.757.